The fourth-order valence-electron chi connectivity index (χ4n) is 1.98. The van der Waals surface area contributed by atoms with E-state index in [1.165, 1.54) is 19.2 Å². The van der Waals surface area contributed by atoms with Gasteiger partial charge in [-0.25, -0.2) is 4.79 Å². The molecule has 0 aliphatic heterocycles. The van der Waals surface area contributed by atoms with Gasteiger partial charge < -0.3 is 14.5 Å². The maximum atomic E-state index is 12.2. The molecule has 0 saturated heterocycles. The van der Waals surface area contributed by atoms with Crippen LogP contribution in [0.3, 0.4) is 0 Å². The molecule has 2 N–H and O–H groups in total. The summed E-state index contributed by atoms with van der Waals surface area (Å²) in [5, 5.41) is 0. The van der Waals surface area contributed by atoms with Gasteiger partial charge in [-0.1, -0.05) is 6.07 Å². The van der Waals surface area contributed by atoms with Gasteiger partial charge >= 0.3 is 18.1 Å². The fraction of sp³-hybridized carbons (Fsp3) is 0.154. The van der Waals surface area contributed by atoms with E-state index in [2.05, 4.69) is 19.7 Å². The van der Waals surface area contributed by atoms with Crippen LogP contribution in [0.15, 0.2) is 33.9 Å². The summed E-state index contributed by atoms with van der Waals surface area (Å²) in [4.78, 5) is 31.7. The number of alkyl halides is 3. The number of benzene rings is 1. The highest BCUT2D eigenvalue weighted by Crippen LogP contribution is 2.28. The topological polar surface area (TPSA) is 102 Å². The minimum atomic E-state index is -4.83. The van der Waals surface area contributed by atoms with E-state index in [1.807, 2.05) is 0 Å². The lowest BCUT2D eigenvalue weighted by atomic mass is 10.3. The molecule has 0 fully saturated rings. The Bertz CT molecular complexity index is 1020. The van der Waals surface area contributed by atoms with Gasteiger partial charge in [0.2, 0.25) is 0 Å². The quantitative estimate of drug-likeness (QED) is 0.753. The smallest absolute Gasteiger partial charge is 0.425 e. The van der Waals surface area contributed by atoms with Crippen molar-refractivity contribution in [3.05, 3.63) is 45.1 Å². The van der Waals surface area contributed by atoms with Gasteiger partial charge in [0.05, 0.1) is 0 Å². The van der Waals surface area contributed by atoms with Crippen LogP contribution in [0.2, 0.25) is 0 Å². The van der Waals surface area contributed by atoms with Gasteiger partial charge in [0.15, 0.2) is 11.2 Å². The molecule has 0 spiro atoms. The number of halogens is 3. The molecule has 2 heterocycles. The van der Waals surface area contributed by atoms with Crippen molar-refractivity contribution < 1.29 is 22.6 Å². The Kier molecular flexibility index (Phi) is 3.55. The van der Waals surface area contributed by atoms with Gasteiger partial charge in [-0.3, -0.25) is 14.3 Å². The number of nitrogens with zero attached hydrogens (tertiary/aromatic N) is 2. The van der Waals surface area contributed by atoms with E-state index in [0.717, 1.165) is 16.7 Å². The number of aromatic nitrogens is 4. The van der Waals surface area contributed by atoms with E-state index >= 15 is 0 Å². The standard InChI is InChI=1S/C13H9F3N4O4/c1-20-9-8(10(21)19-12(20)22)17-11(18-9)23-6-3-2-4-7(5-6)24-13(14,15)16/h2-5H,1H3,(H,17,18)(H,19,21,22). The maximum Gasteiger partial charge on any atom is 0.573 e. The lowest BCUT2D eigenvalue weighted by Crippen LogP contribution is -2.28. The predicted octanol–water partition coefficient (Wildman–Crippen LogP) is 1.64. The minimum Gasteiger partial charge on any atom is -0.425 e. The molecule has 0 aliphatic rings. The van der Waals surface area contributed by atoms with Crippen molar-refractivity contribution in [1.29, 1.82) is 0 Å². The molecule has 0 aliphatic carbocycles. The summed E-state index contributed by atoms with van der Waals surface area (Å²) >= 11 is 0. The normalized spacial score (nSPS) is 11.7. The number of aromatic amines is 2. The van der Waals surface area contributed by atoms with Gasteiger partial charge in [-0.05, 0) is 12.1 Å². The highest BCUT2D eigenvalue weighted by atomic mass is 19.4. The second kappa shape index (κ2) is 5.44. The monoisotopic (exact) mass is 342 g/mol. The van der Waals surface area contributed by atoms with E-state index in [9.17, 15) is 22.8 Å². The molecule has 3 aromatic rings. The number of hydrogen-bond donors (Lipinski definition) is 2. The summed E-state index contributed by atoms with van der Waals surface area (Å²) in [5.41, 5.74) is -1.31. The van der Waals surface area contributed by atoms with Crippen LogP contribution in [-0.2, 0) is 7.05 Å². The van der Waals surface area contributed by atoms with Crippen LogP contribution in [0.25, 0.3) is 11.2 Å². The fourth-order valence-corrected chi connectivity index (χ4v) is 1.98. The molecule has 0 radical (unpaired) electrons. The number of imidazole rings is 1. The van der Waals surface area contributed by atoms with Crippen LogP contribution < -0.4 is 20.7 Å². The third kappa shape index (κ3) is 3.09. The first kappa shape index (κ1) is 15.6. The molecule has 0 unspecified atom stereocenters. The van der Waals surface area contributed by atoms with Crippen LogP contribution >= 0.6 is 0 Å². The van der Waals surface area contributed by atoms with E-state index < -0.39 is 23.4 Å². The average molecular weight is 342 g/mol. The Balaban J connectivity index is 1.95. The molecule has 126 valence electrons. The molecule has 2 aromatic heterocycles. The van der Waals surface area contributed by atoms with Crippen LogP contribution in [0.5, 0.6) is 17.5 Å². The van der Waals surface area contributed by atoms with Gasteiger partial charge in [0.25, 0.3) is 5.56 Å². The zero-order valence-corrected chi connectivity index (χ0v) is 12.0. The molecule has 0 atom stereocenters. The van der Waals surface area contributed by atoms with E-state index in [1.54, 1.807) is 0 Å². The number of fused-ring (bicyclic) bond motifs is 1. The Hall–Kier alpha value is -3.24. The van der Waals surface area contributed by atoms with Crippen molar-refractivity contribution in [1.82, 2.24) is 19.5 Å². The Morgan fingerprint density at radius 2 is 1.88 bits per heavy atom. The number of aryl methyl sites for hydroxylation is 1. The number of rotatable bonds is 3. The van der Waals surface area contributed by atoms with Crippen molar-refractivity contribution in [2.24, 2.45) is 7.05 Å². The van der Waals surface area contributed by atoms with Crippen LogP contribution in [-0.4, -0.2) is 25.9 Å². The molecular formula is C13H9F3N4O4. The third-order valence-corrected chi connectivity index (χ3v) is 2.99. The number of ether oxygens (including phenoxy) is 2. The van der Waals surface area contributed by atoms with Crippen molar-refractivity contribution in [2.75, 3.05) is 0 Å². The molecule has 11 heteroatoms. The Labute approximate surface area is 130 Å². The average Bonchev–Trinajstić information content (AvgIpc) is 2.88. The second-order valence-corrected chi connectivity index (χ2v) is 4.68. The first-order valence-corrected chi connectivity index (χ1v) is 6.45. The predicted molar refractivity (Wildman–Crippen MR) is 75.2 cm³/mol. The highest BCUT2D eigenvalue weighted by molar-refractivity contribution is 5.70. The van der Waals surface area contributed by atoms with E-state index in [0.29, 0.717) is 0 Å². The van der Waals surface area contributed by atoms with Crippen LogP contribution in [0, 0.1) is 0 Å². The largest absolute Gasteiger partial charge is 0.573 e. The summed E-state index contributed by atoms with van der Waals surface area (Å²) < 4.78 is 46.8. The summed E-state index contributed by atoms with van der Waals surface area (Å²) in [6, 6.07) is 4.61. The lowest BCUT2D eigenvalue weighted by Gasteiger charge is -2.09. The number of hydrogen-bond acceptors (Lipinski definition) is 5. The Morgan fingerprint density at radius 1 is 1.17 bits per heavy atom. The van der Waals surface area contributed by atoms with Gasteiger partial charge in [0, 0.05) is 13.1 Å². The third-order valence-electron chi connectivity index (χ3n) is 2.99. The molecule has 0 amide bonds. The van der Waals surface area contributed by atoms with Crippen molar-refractivity contribution in [3.63, 3.8) is 0 Å². The summed E-state index contributed by atoms with van der Waals surface area (Å²) in [5.74, 6) is -0.474. The zero-order chi connectivity index (χ0) is 17.5. The van der Waals surface area contributed by atoms with Gasteiger partial charge in [0.1, 0.15) is 11.5 Å². The highest BCUT2D eigenvalue weighted by Gasteiger charge is 2.31. The van der Waals surface area contributed by atoms with Crippen molar-refractivity contribution >= 4 is 11.2 Å². The maximum absolute atomic E-state index is 12.2. The molecule has 3 rings (SSSR count). The SMILES string of the molecule is Cn1c(=O)[nH]c(=O)c2[nH]c(Oc3cccc(OC(F)(F)F)c3)nc21. The molecule has 0 saturated carbocycles. The van der Waals surface area contributed by atoms with Crippen molar-refractivity contribution in [3.8, 4) is 17.5 Å². The first-order chi connectivity index (χ1) is 11.2. The summed E-state index contributed by atoms with van der Waals surface area (Å²) in [7, 11) is 1.39. The van der Waals surface area contributed by atoms with Crippen molar-refractivity contribution in [2.45, 2.75) is 6.36 Å². The molecule has 0 bridgehead atoms. The molecular weight excluding hydrogens is 333 g/mol. The summed E-state index contributed by atoms with van der Waals surface area (Å²) in [6.45, 7) is 0. The minimum absolute atomic E-state index is 0.00256. The molecule has 24 heavy (non-hydrogen) atoms. The van der Waals surface area contributed by atoms with Gasteiger partial charge in [-0.15, -0.1) is 13.2 Å². The number of H-pyrrole nitrogens is 2. The lowest BCUT2D eigenvalue weighted by molar-refractivity contribution is -0.274. The number of nitrogens with one attached hydrogen (secondary N) is 2. The van der Waals surface area contributed by atoms with E-state index in [-0.39, 0.29) is 22.9 Å². The zero-order valence-electron chi connectivity index (χ0n) is 12.0. The summed E-state index contributed by atoms with van der Waals surface area (Å²) in [6.07, 6.45) is -4.83. The first-order valence-electron chi connectivity index (χ1n) is 6.45. The Morgan fingerprint density at radius 3 is 2.58 bits per heavy atom. The molecule has 8 nitrogen and oxygen atoms in total. The second-order valence-electron chi connectivity index (χ2n) is 4.68. The van der Waals surface area contributed by atoms with Crippen LogP contribution in [0.1, 0.15) is 0 Å². The van der Waals surface area contributed by atoms with Gasteiger partial charge in [-0.2, -0.15) is 4.98 Å². The van der Waals surface area contributed by atoms with Crippen LogP contribution in [0.4, 0.5) is 13.2 Å². The molecule has 1 aromatic carbocycles. The van der Waals surface area contributed by atoms with E-state index in [4.69, 9.17) is 4.74 Å².